The summed E-state index contributed by atoms with van der Waals surface area (Å²) in [4.78, 5) is 23.9. The fourth-order valence-electron chi connectivity index (χ4n) is 4.12. The number of likely N-dealkylation sites (tertiary alicyclic amines) is 1. The minimum absolute atomic E-state index is 0.0720. The van der Waals surface area contributed by atoms with Crippen LogP contribution in [0.2, 0.25) is 0 Å². The largest absolute Gasteiger partial charge is 0.368 e. The van der Waals surface area contributed by atoms with Crippen molar-refractivity contribution >= 4 is 17.3 Å². The zero-order valence-electron chi connectivity index (χ0n) is 17.0. The van der Waals surface area contributed by atoms with Crippen LogP contribution in [0.5, 0.6) is 0 Å². The predicted molar refractivity (Wildman–Crippen MR) is 114 cm³/mol. The Bertz CT molecular complexity index is 804. The van der Waals surface area contributed by atoms with Gasteiger partial charge in [-0.3, -0.25) is 4.79 Å². The second-order valence-electron chi connectivity index (χ2n) is 8.19. The number of hydrogen-bond acceptors (Lipinski definition) is 4. The van der Waals surface area contributed by atoms with Gasteiger partial charge in [-0.25, -0.2) is 4.98 Å². The number of amides is 1. The number of benzene rings is 1. The number of piperidine rings is 1. The van der Waals surface area contributed by atoms with Gasteiger partial charge in [0.15, 0.2) is 0 Å². The molecule has 0 unspecified atom stereocenters. The lowest BCUT2D eigenvalue weighted by Gasteiger charge is -2.37. The van der Waals surface area contributed by atoms with Gasteiger partial charge in [-0.1, -0.05) is 19.1 Å². The number of pyridine rings is 1. The third kappa shape index (κ3) is 4.13. The van der Waals surface area contributed by atoms with Crippen molar-refractivity contribution in [3.63, 3.8) is 0 Å². The van der Waals surface area contributed by atoms with E-state index in [1.807, 2.05) is 17.2 Å². The summed E-state index contributed by atoms with van der Waals surface area (Å²) in [5.74, 6) is 0.792. The number of anilines is 2. The molecule has 5 nitrogen and oxygen atoms in total. The van der Waals surface area contributed by atoms with Crippen molar-refractivity contribution in [3.8, 4) is 0 Å². The molecule has 0 spiro atoms. The van der Waals surface area contributed by atoms with Crippen molar-refractivity contribution < 1.29 is 4.79 Å². The SMILES string of the molecule is Cc1cccc(N2CCN(c3ccc(C(=O)N4CCC(C)CC4)nc3)CC2)c1. The van der Waals surface area contributed by atoms with E-state index in [2.05, 4.69) is 59.0 Å². The molecule has 1 aromatic carbocycles. The number of carbonyl (C=O) groups excluding carboxylic acids is 1. The topological polar surface area (TPSA) is 39.7 Å². The van der Waals surface area contributed by atoms with Crippen molar-refractivity contribution in [2.45, 2.75) is 26.7 Å². The molecule has 2 aliphatic rings. The fourth-order valence-corrected chi connectivity index (χ4v) is 4.12. The second-order valence-corrected chi connectivity index (χ2v) is 8.19. The maximum Gasteiger partial charge on any atom is 0.272 e. The predicted octanol–water partition coefficient (Wildman–Crippen LogP) is 3.59. The van der Waals surface area contributed by atoms with Gasteiger partial charge in [-0.15, -0.1) is 0 Å². The van der Waals surface area contributed by atoms with Crippen LogP contribution in [0.25, 0.3) is 0 Å². The molecule has 148 valence electrons. The first-order chi connectivity index (χ1) is 13.6. The Morgan fingerprint density at radius 3 is 2.21 bits per heavy atom. The summed E-state index contributed by atoms with van der Waals surface area (Å²) in [5, 5.41) is 0. The third-order valence-corrected chi connectivity index (χ3v) is 6.05. The molecule has 0 saturated carbocycles. The average Bonchev–Trinajstić information content (AvgIpc) is 2.74. The minimum atomic E-state index is 0.0720. The van der Waals surface area contributed by atoms with Crippen molar-refractivity contribution in [3.05, 3.63) is 53.9 Å². The van der Waals surface area contributed by atoms with Gasteiger partial charge in [-0.05, 0) is 55.5 Å². The zero-order valence-corrected chi connectivity index (χ0v) is 17.0. The highest BCUT2D eigenvalue weighted by Crippen LogP contribution is 2.22. The van der Waals surface area contributed by atoms with Crippen LogP contribution in [0, 0.1) is 12.8 Å². The molecule has 2 saturated heterocycles. The van der Waals surface area contributed by atoms with Gasteiger partial charge in [0.1, 0.15) is 5.69 Å². The van der Waals surface area contributed by atoms with Crippen LogP contribution in [-0.2, 0) is 0 Å². The normalized spacial score (nSPS) is 18.4. The molecule has 28 heavy (non-hydrogen) atoms. The van der Waals surface area contributed by atoms with Crippen molar-refractivity contribution in [2.75, 3.05) is 49.1 Å². The maximum absolute atomic E-state index is 12.7. The van der Waals surface area contributed by atoms with Gasteiger partial charge in [0.05, 0.1) is 11.9 Å². The van der Waals surface area contributed by atoms with Crippen LogP contribution < -0.4 is 9.80 Å². The van der Waals surface area contributed by atoms with Crippen LogP contribution in [0.15, 0.2) is 42.6 Å². The first kappa shape index (κ1) is 18.8. The number of hydrogen-bond donors (Lipinski definition) is 0. The Hall–Kier alpha value is -2.56. The van der Waals surface area contributed by atoms with Gasteiger partial charge in [0, 0.05) is 45.0 Å². The molecule has 0 atom stereocenters. The van der Waals surface area contributed by atoms with E-state index in [9.17, 15) is 4.79 Å². The molecule has 5 heteroatoms. The van der Waals surface area contributed by atoms with Crippen LogP contribution >= 0.6 is 0 Å². The summed E-state index contributed by atoms with van der Waals surface area (Å²) >= 11 is 0. The lowest BCUT2D eigenvalue weighted by molar-refractivity contribution is 0.0691. The van der Waals surface area contributed by atoms with Crippen molar-refractivity contribution in [2.24, 2.45) is 5.92 Å². The number of carbonyl (C=O) groups is 1. The Kier molecular flexibility index (Phi) is 5.51. The second kappa shape index (κ2) is 8.21. The molecule has 1 aromatic heterocycles. The lowest BCUT2D eigenvalue weighted by Crippen LogP contribution is -2.46. The van der Waals surface area contributed by atoms with Gasteiger partial charge in [-0.2, -0.15) is 0 Å². The molecule has 4 rings (SSSR count). The molecule has 1 amide bonds. The molecule has 0 bridgehead atoms. The fraction of sp³-hybridized carbons (Fsp3) is 0.478. The van der Waals surface area contributed by atoms with Crippen LogP contribution in [0.3, 0.4) is 0 Å². The maximum atomic E-state index is 12.7. The molecule has 2 aromatic rings. The number of nitrogens with zero attached hydrogens (tertiary/aromatic N) is 4. The third-order valence-electron chi connectivity index (χ3n) is 6.05. The molecule has 0 aliphatic carbocycles. The van der Waals surface area contributed by atoms with Crippen molar-refractivity contribution in [1.29, 1.82) is 0 Å². The molecule has 0 radical (unpaired) electrons. The van der Waals surface area contributed by atoms with Gasteiger partial charge in [0.2, 0.25) is 0 Å². The van der Waals surface area contributed by atoms with E-state index >= 15 is 0 Å². The van der Waals surface area contributed by atoms with E-state index in [4.69, 9.17) is 0 Å². The molecular formula is C23H30N4O. The molecule has 2 aliphatic heterocycles. The van der Waals surface area contributed by atoms with Gasteiger partial charge >= 0.3 is 0 Å². The Labute approximate surface area is 168 Å². The molecule has 0 N–H and O–H groups in total. The molecule has 2 fully saturated rings. The van der Waals surface area contributed by atoms with E-state index in [1.54, 1.807) is 0 Å². The minimum Gasteiger partial charge on any atom is -0.368 e. The monoisotopic (exact) mass is 378 g/mol. The van der Waals surface area contributed by atoms with E-state index in [1.165, 1.54) is 11.3 Å². The quantitative estimate of drug-likeness (QED) is 0.818. The summed E-state index contributed by atoms with van der Waals surface area (Å²) in [6.07, 6.45) is 4.05. The summed E-state index contributed by atoms with van der Waals surface area (Å²) in [6, 6.07) is 12.6. The van der Waals surface area contributed by atoms with Gasteiger partial charge in [0.25, 0.3) is 5.91 Å². The zero-order chi connectivity index (χ0) is 19.5. The van der Waals surface area contributed by atoms with E-state index in [0.29, 0.717) is 5.69 Å². The lowest BCUT2D eigenvalue weighted by atomic mass is 9.99. The number of aromatic nitrogens is 1. The smallest absolute Gasteiger partial charge is 0.272 e. The highest BCUT2D eigenvalue weighted by Gasteiger charge is 2.23. The van der Waals surface area contributed by atoms with Crippen LogP contribution in [-0.4, -0.2) is 55.1 Å². The number of aryl methyl sites for hydroxylation is 1. The number of rotatable bonds is 3. The summed E-state index contributed by atoms with van der Waals surface area (Å²) in [6.45, 7) is 10.0. The van der Waals surface area contributed by atoms with Gasteiger partial charge < -0.3 is 14.7 Å². The molecular weight excluding hydrogens is 348 g/mol. The summed E-state index contributed by atoms with van der Waals surface area (Å²) in [7, 11) is 0. The van der Waals surface area contributed by atoms with Crippen LogP contribution in [0.4, 0.5) is 11.4 Å². The van der Waals surface area contributed by atoms with E-state index in [-0.39, 0.29) is 5.91 Å². The van der Waals surface area contributed by atoms with Crippen molar-refractivity contribution in [1.82, 2.24) is 9.88 Å². The molecule has 3 heterocycles. The van der Waals surface area contributed by atoms with E-state index in [0.717, 1.165) is 63.7 Å². The first-order valence-electron chi connectivity index (χ1n) is 10.4. The Morgan fingerprint density at radius 1 is 0.929 bits per heavy atom. The first-order valence-corrected chi connectivity index (χ1v) is 10.4. The standard InChI is InChI=1S/C23H30N4O/c1-18-8-10-27(11-9-18)23(28)22-7-6-21(17-24-22)26-14-12-25(13-15-26)20-5-3-4-19(2)16-20/h3-7,16-18H,8-15H2,1-2H3. The summed E-state index contributed by atoms with van der Waals surface area (Å²) in [5.41, 5.74) is 4.27. The Morgan fingerprint density at radius 2 is 1.61 bits per heavy atom. The van der Waals surface area contributed by atoms with Crippen LogP contribution in [0.1, 0.15) is 35.8 Å². The highest BCUT2D eigenvalue weighted by molar-refractivity contribution is 5.92. The summed E-state index contributed by atoms with van der Waals surface area (Å²) < 4.78 is 0. The van der Waals surface area contributed by atoms with E-state index < -0.39 is 0 Å². The Balaban J connectivity index is 1.35. The highest BCUT2D eigenvalue weighted by atomic mass is 16.2. The number of piperazine rings is 1. The average molecular weight is 379 g/mol.